The zero-order valence-corrected chi connectivity index (χ0v) is 7.88. The third kappa shape index (κ3) is 2.14. The molecule has 0 radical (unpaired) electrons. The molecule has 0 amide bonds. The first kappa shape index (κ1) is 9.90. The molecule has 1 atom stereocenters. The predicted molar refractivity (Wildman–Crippen MR) is 50.3 cm³/mol. The van der Waals surface area contributed by atoms with Crippen molar-refractivity contribution in [1.29, 1.82) is 0 Å². The van der Waals surface area contributed by atoms with Crippen LogP contribution >= 0.6 is 0 Å². The fraction of sp³-hybridized carbons (Fsp3) is 0.364. The highest BCUT2D eigenvalue weighted by atomic mass is 19.1. The van der Waals surface area contributed by atoms with Crippen LogP contribution in [0.15, 0.2) is 18.2 Å². The molecule has 0 saturated heterocycles. The first-order valence-corrected chi connectivity index (χ1v) is 4.42. The lowest BCUT2D eigenvalue weighted by Crippen LogP contribution is -1.99. The summed E-state index contributed by atoms with van der Waals surface area (Å²) >= 11 is 0. The Labute approximate surface area is 77.6 Å². The van der Waals surface area contributed by atoms with Crippen LogP contribution in [0.5, 0.6) is 0 Å². The molecular formula is C11H13FO. The van der Waals surface area contributed by atoms with E-state index in [1.54, 1.807) is 13.0 Å². The smallest absolute Gasteiger partial charge is 0.127 e. The van der Waals surface area contributed by atoms with Gasteiger partial charge in [0.1, 0.15) is 12.1 Å². The van der Waals surface area contributed by atoms with E-state index >= 15 is 0 Å². The Morgan fingerprint density at radius 2 is 2.23 bits per heavy atom. The van der Waals surface area contributed by atoms with Crippen molar-refractivity contribution in [3.63, 3.8) is 0 Å². The van der Waals surface area contributed by atoms with Crippen LogP contribution in [0.4, 0.5) is 4.39 Å². The number of rotatable bonds is 3. The molecule has 2 heteroatoms. The van der Waals surface area contributed by atoms with E-state index in [4.69, 9.17) is 0 Å². The number of hydrogen-bond donors (Lipinski definition) is 0. The number of aldehydes is 1. The fourth-order valence-electron chi connectivity index (χ4n) is 1.23. The second kappa shape index (κ2) is 4.17. The molecular weight excluding hydrogens is 167 g/mol. The molecule has 0 heterocycles. The lowest BCUT2D eigenvalue weighted by molar-refractivity contribution is -0.108. The lowest BCUT2D eigenvalue weighted by atomic mass is 10.00. The van der Waals surface area contributed by atoms with Gasteiger partial charge in [0.2, 0.25) is 0 Å². The number of halogens is 1. The Balaban J connectivity index is 3.04. The number of carbonyl (C=O) groups excluding carboxylic acids is 1. The molecule has 0 aliphatic heterocycles. The van der Waals surface area contributed by atoms with Crippen molar-refractivity contribution in [3.8, 4) is 0 Å². The topological polar surface area (TPSA) is 17.1 Å². The Hall–Kier alpha value is -1.18. The molecule has 0 aliphatic rings. The summed E-state index contributed by atoms with van der Waals surface area (Å²) in [4.78, 5) is 10.4. The monoisotopic (exact) mass is 180 g/mol. The second-order valence-electron chi connectivity index (χ2n) is 3.13. The van der Waals surface area contributed by atoms with Crippen LogP contribution in [0.1, 0.15) is 30.9 Å². The van der Waals surface area contributed by atoms with Crippen LogP contribution in [-0.2, 0) is 11.2 Å². The van der Waals surface area contributed by atoms with E-state index in [-0.39, 0.29) is 11.7 Å². The van der Waals surface area contributed by atoms with Crippen molar-refractivity contribution in [1.82, 2.24) is 0 Å². The van der Waals surface area contributed by atoms with Gasteiger partial charge in [-0.25, -0.2) is 4.39 Å². The van der Waals surface area contributed by atoms with Crippen LogP contribution < -0.4 is 0 Å². The molecule has 0 bridgehead atoms. The molecule has 0 saturated carbocycles. The molecule has 0 aliphatic carbocycles. The highest BCUT2D eigenvalue weighted by Crippen LogP contribution is 2.18. The summed E-state index contributed by atoms with van der Waals surface area (Å²) < 4.78 is 13.3. The predicted octanol–water partition coefficient (Wildman–Crippen LogP) is 2.69. The molecule has 1 unspecified atom stereocenters. The molecule has 1 aromatic rings. The second-order valence-corrected chi connectivity index (χ2v) is 3.13. The quantitative estimate of drug-likeness (QED) is 0.653. The average molecular weight is 180 g/mol. The zero-order chi connectivity index (χ0) is 9.84. The summed E-state index contributed by atoms with van der Waals surface area (Å²) in [7, 11) is 0. The van der Waals surface area contributed by atoms with Crippen LogP contribution in [0, 0.1) is 5.82 Å². The largest absolute Gasteiger partial charge is 0.303 e. The maximum Gasteiger partial charge on any atom is 0.127 e. The van der Waals surface area contributed by atoms with Gasteiger partial charge in [-0.3, -0.25) is 0 Å². The Kier molecular flexibility index (Phi) is 3.18. The summed E-state index contributed by atoms with van der Waals surface area (Å²) in [6, 6.07) is 5.04. The van der Waals surface area contributed by atoms with E-state index in [1.807, 2.05) is 13.0 Å². The molecule has 0 aromatic heterocycles. The van der Waals surface area contributed by atoms with Crippen molar-refractivity contribution < 1.29 is 9.18 Å². The molecule has 0 fully saturated rings. The highest BCUT2D eigenvalue weighted by molar-refractivity contribution is 5.61. The third-order valence-electron chi connectivity index (χ3n) is 2.17. The van der Waals surface area contributed by atoms with Crippen molar-refractivity contribution in [3.05, 3.63) is 35.1 Å². The van der Waals surface area contributed by atoms with Crippen molar-refractivity contribution in [2.45, 2.75) is 26.2 Å². The van der Waals surface area contributed by atoms with Crippen LogP contribution in [-0.4, -0.2) is 6.29 Å². The van der Waals surface area contributed by atoms with E-state index in [0.29, 0.717) is 5.56 Å². The summed E-state index contributed by atoms with van der Waals surface area (Å²) in [5, 5.41) is 0. The first-order chi connectivity index (χ1) is 6.19. The molecule has 70 valence electrons. The fourth-order valence-corrected chi connectivity index (χ4v) is 1.23. The number of benzene rings is 1. The van der Waals surface area contributed by atoms with Gasteiger partial charge in [0.15, 0.2) is 0 Å². The third-order valence-corrected chi connectivity index (χ3v) is 2.17. The highest BCUT2D eigenvalue weighted by Gasteiger charge is 2.09. The van der Waals surface area contributed by atoms with Crippen molar-refractivity contribution in [2.24, 2.45) is 0 Å². The molecule has 1 rings (SSSR count). The Morgan fingerprint density at radius 3 is 2.69 bits per heavy atom. The molecule has 13 heavy (non-hydrogen) atoms. The van der Waals surface area contributed by atoms with Crippen molar-refractivity contribution >= 4 is 6.29 Å². The minimum absolute atomic E-state index is 0.279. The van der Waals surface area contributed by atoms with E-state index in [0.717, 1.165) is 18.3 Å². The van der Waals surface area contributed by atoms with Crippen LogP contribution in [0.3, 0.4) is 0 Å². The summed E-state index contributed by atoms with van der Waals surface area (Å²) in [5.74, 6) is -0.634. The summed E-state index contributed by atoms with van der Waals surface area (Å²) in [6.07, 6.45) is 1.57. The van der Waals surface area contributed by atoms with Gasteiger partial charge in [-0.05, 0) is 23.6 Å². The van der Waals surface area contributed by atoms with E-state index in [1.165, 1.54) is 6.07 Å². The Bertz CT molecular complexity index is 307. The average Bonchev–Trinajstić information content (AvgIpc) is 2.16. The van der Waals surface area contributed by atoms with E-state index in [9.17, 15) is 9.18 Å². The SMILES string of the molecule is CCc1ccc(C(C)C=O)c(F)c1. The standard InChI is InChI=1S/C11H13FO/c1-3-9-4-5-10(8(2)7-13)11(12)6-9/h4-8H,3H2,1-2H3. The normalized spacial score (nSPS) is 12.5. The van der Waals surface area contributed by atoms with Crippen LogP contribution in [0.2, 0.25) is 0 Å². The van der Waals surface area contributed by atoms with Crippen LogP contribution in [0.25, 0.3) is 0 Å². The van der Waals surface area contributed by atoms with E-state index < -0.39 is 0 Å². The maximum absolute atomic E-state index is 13.3. The van der Waals surface area contributed by atoms with Gasteiger partial charge in [-0.2, -0.15) is 0 Å². The van der Waals surface area contributed by atoms with Gasteiger partial charge in [0.25, 0.3) is 0 Å². The van der Waals surface area contributed by atoms with Gasteiger partial charge in [0.05, 0.1) is 0 Å². The first-order valence-electron chi connectivity index (χ1n) is 4.42. The maximum atomic E-state index is 13.3. The van der Waals surface area contributed by atoms with Crippen molar-refractivity contribution in [2.75, 3.05) is 0 Å². The number of hydrogen-bond acceptors (Lipinski definition) is 1. The van der Waals surface area contributed by atoms with Gasteiger partial charge in [-0.15, -0.1) is 0 Å². The van der Waals surface area contributed by atoms with Gasteiger partial charge < -0.3 is 4.79 Å². The minimum Gasteiger partial charge on any atom is -0.303 e. The summed E-state index contributed by atoms with van der Waals surface area (Å²) in [5.41, 5.74) is 1.44. The molecule has 0 N–H and O–H groups in total. The summed E-state index contributed by atoms with van der Waals surface area (Å²) in [6.45, 7) is 3.66. The number of aryl methyl sites for hydroxylation is 1. The van der Waals surface area contributed by atoms with Gasteiger partial charge in [0, 0.05) is 5.92 Å². The zero-order valence-electron chi connectivity index (χ0n) is 7.88. The van der Waals surface area contributed by atoms with E-state index in [2.05, 4.69) is 0 Å². The minimum atomic E-state index is -0.356. The van der Waals surface area contributed by atoms with Gasteiger partial charge >= 0.3 is 0 Å². The molecule has 1 aromatic carbocycles. The molecule has 1 nitrogen and oxygen atoms in total. The molecule has 0 spiro atoms. The Morgan fingerprint density at radius 1 is 1.54 bits per heavy atom. The number of carbonyl (C=O) groups is 1. The lowest BCUT2D eigenvalue weighted by Gasteiger charge is -2.06. The van der Waals surface area contributed by atoms with Gasteiger partial charge in [-0.1, -0.05) is 26.0 Å².